The zero-order valence-electron chi connectivity index (χ0n) is 12.8. The lowest BCUT2D eigenvalue weighted by molar-refractivity contribution is 0.333. The monoisotopic (exact) mass is 306 g/mol. The fourth-order valence-corrected chi connectivity index (χ4v) is 4.55. The van der Waals surface area contributed by atoms with Gasteiger partial charge in [-0.3, -0.25) is 0 Å². The highest BCUT2D eigenvalue weighted by molar-refractivity contribution is 7.89. The summed E-state index contributed by atoms with van der Waals surface area (Å²) in [6.45, 7) is 6.29. The molecular weight excluding hydrogens is 284 g/mol. The summed E-state index contributed by atoms with van der Waals surface area (Å²) in [6.07, 6.45) is 3.53. The van der Waals surface area contributed by atoms with Crippen LogP contribution in [0.25, 0.3) is 0 Å². The third-order valence-corrected chi connectivity index (χ3v) is 6.34. The van der Waals surface area contributed by atoms with E-state index < -0.39 is 10.0 Å². The number of sulfonamides is 1. The number of hydrogen-bond acceptors (Lipinski definition) is 3. The molecular formula is C16H22N2O2S. The van der Waals surface area contributed by atoms with Gasteiger partial charge in [0.25, 0.3) is 10.0 Å². The van der Waals surface area contributed by atoms with Gasteiger partial charge >= 0.3 is 0 Å². The summed E-state index contributed by atoms with van der Waals surface area (Å²) in [5.41, 5.74) is 2.07. The van der Waals surface area contributed by atoms with Gasteiger partial charge in [0.1, 0.15) is 0 Å². The summed E-state index contributed by atoms with van der Waals surface area (Å²) in [6, 6.07) is 6.82. The molecule has 2 unspecified atom stereocenters. The summed E-state index contributed by atoms with van der Waals surface area (Å²) >= 11 is 0. The van der Waals surface area contributed by atoms with Gasteiger partial charge in [0.05, 0.1) is 4.90 Å². The fraction of sp³-hybridized carbons (Fsp3) is 0.562. The number of nitrogens with zero attached hydrogens (tertiary/aromatic N) is 1. The van der Waals surface area contributed by atoms with E-state index in [2.05, 4.69) is 23.8 Å². The van der Waals surface area contributed by atoms with Crippen molar-refractivity contribution in [3.8, 4) is 0 Å². The number of hydrogen-bond donors (Lipinski definition) is 1. The molecule has 2 aliphatic carbocycles. The largest absolute Gasteiger partial charge is 0.276 e. The summed E-state index contributed by atoms with van der Waals surface area (Å²) < 4.78 is 24.6. The Hall–Kier alpha value is -1.36. The Bertz CT molecular complexity index is 675. The third-order valence-electron chi connectivity index (χ3n) is 5.12. The summed E-state index contributed by atoms with van der Waals surface area (Å²) in [4.78, 5) is 2.70. The van der Waals surface area contributed by atoms with E-state index >= 15 is 0 Å². The van der Waals surface area contributed by atoms with Crippen molar-refractivity contribution in [2.24, 2.45) is 22.4 Å². The van der Waals surface area contributed by atoms with Gasteiger partial charge in [-0.15, -0.1) is 0 Å². The van der Waals surface area contributed by atoms with Crippen LogP contribution < -0.4 is 4.83 Å². The molecule has 0 amide bonds. The molecule has 1 aromatic rings. The van der Waals surface area contributed by atoms with E-state index in [9.17, 15) is 8.42 Å². The van der Waals surface area contributed by atoms with E-state index in [4.69, 9.17) is 0 Å². The van der Waals surface area contributed by atoms with Crippen LogP contribution in [-0.4, -0.2) is 14.1 Å². The van der Waals surface area contributed by atoms with Crippen LogP contribution in [0.4, 0.5) is 0 Å². The van der Waals surface area contributed by atoms with Gasteiger partial charge in [-0.1, -0.05) is 31.5 Å². The molecule has 2 fully saturated rings. The molecule has 1 aromatic carbocycles. The van der Waals surface area contributed by atoms with Crippen LogP contribution in [-0.2, 0) is 10.0 Å². The zero-order chi connectivity index (χ0) is 15.3. The maximum Gasteiger partial charge on any atom is 0.276 e. The molecule has 114 valence electrons. The zero-order valence-corrected chi connectivity index (χ0v) is 13.6. The van der Waals surface area contributed by atoms with E-state index in [-0.39, 0.29) is 10.3 Å². The van der Waals surface area contributed by atoms with Crippen molar-refractivity contribution in [1.82, 2.24) is 4.83 Å². The number of rotatable bonds is 3. The number of benzene rings is 1. The van der Waals surface area contributed by atoms with Gasteiger partial charge in [0.2, 0.25) is 0 Å². The molecule has 2 bridgehead atoms. The summed E-state index contributed by atoms with van der Waals surface area (Å²) in [5, 5.41) is 4.31. The SMILES string of the molecule is Cc1ccc(S(=O)(=O)N/N=C2\C3CCC(C3)C2(C)C)cc1. The number of fused-ring (bicyclic) bond motifs is 2. The lowest BCUT2D eigenvalue weighted by Crippen LogP contribution is -2.33. The van der Waals surface area contributed by atoms with Gasteiger partial charge < -0.3 is 0 Å². The van der Waals surface area contributed by atoms with Crippen molar-refractivity contribution in [2.45, 2.75) is 44.9 Å². The van der Waals surface area contributed by atoms with Crippen LogP contribution >= 0.6 is 0 Å². The van der Waals surface area contributed by atoms with Crippen molar-refractivity contribution in [3.63, 3.8) is 0 Å². The average molecular weight is 306 g/mol. The van der Waals surface area contributed by atoms with Gasteiger partial charge in [-0.2, -0.15) is 13.5 Å². The number of aryl methyl sites for hydroxylation is 1. The van der Waals surface area contributed by atoms with E-state index in [1.165, 1.54) is 6.42 Å². The second kappa shape index (κ2) is 4.83. The van der Waals surface area contributed by atoms with Crippen molar-refractivity contribution in [1.29, 1.82) is 0 Å². The van der Waals surface area contributed by atoms with Crippen LogP contribution in [0.5, 0.6) is 0 Å². The highest BCUT2D eigenvalue weighted by Crippen LogP contribution is 2.53. The van der Waals surface area contributed by atoms with E-state index in [1.807, 2.05) is 6.92 Å². The molecule has 2 saturated carbocycles. The molecule has 3 rings (SSSR count). The van der Waals surface area contributed by atoms with Crippen LogP contribution in [0, 0.1) is 24.2 Å². The van der Waals surface area contributed by atoms with Crippen molar-refractivity contribution in [2.75, 3.05) is 0 Å². The second-order valence-corrected chi connectivity index (χ2v) is 8.49. The first-order chi connectivity index (χ1) is 9.80. The Morgan fingerprint density at radius 1 is 1.19 bits per heavy atom. The minimum Gasteiger partial charge on any atom is -0.200 e. The first-order valence-electron chi connectivity index (χ1n) is 7.47. The summed E-state index contributed by atoms with van der Waals surface area (Å²) in [7, 11) is -3.57. The van der Waals surface area contributed by atoms with Crippen LogP contribution in [0.15, 0.2) is 34.3 Å². The Morgan fingerprint density at radius 3 is 2.43 bits per heavy atom. The van der Waals surface area contributed by atoms with Gasteiger partial charge in [0, 0.05) is 11.1 Å². The quantitative estimate of drug-likeness (QED) is 0.872. The van der Waals surface area contributed by atoms with E-state index in [0.29, 0.717) is 11.8 Å². The van der Waals surface area contributed by atoms with E-state index in [1.54, 1.807) is 24.3 Å². The molecule has 0 spiro atoms. The lowest BCUT2D eigenvalue weighted by atomic mass is 9.75. The predicted molar refractivity (Wildman–Crippen MR) is 83.5 cm³/mol. The van der Waals surface area contributed by atoms with Crippen molar-refractivity contribution < 1.29 is 8.42 Å². The smallest absolute Gasteiger partial charge is 0.200 e. The molecule has 1 N–H and O–H groups in total. The fourth-order valence-electron chi connectivity index (χ4n) is 3.74. The average Bonchev–Trinajstić information content (AvgIpc) is 2.96. The molecule has 0 radical (unpaired) electrons. The van der Waals surface area contributed by atoms with Gasteiger partial charge in [0.15, 0.2) is 0 Å². The normalized spacial score (nSPS) is 29.0. The minimum atomic E-state index is -3.57. The first kappa shape index (κ1) is 14.6. The molecule has 0 aromatic heterocycles. The summed E-state index contributed by atoms with van der Waals surface area (Å²) in [5.74, 6) is 1.09. The van der Waals surface area contributed by atoms with Crippen LogP contribution in [0.3, 0.4) is 0 Å². The van der Waals surface area contributed by atoms with E-state index in [0.717, 1.165) is 24.1 Å². The topological polar surface area (TPSA) is 58.5 Å². The first-order valence-corrected chi connectivity index (χ1v) is 8.95. The van der Waals surface area contributed by atoms with Crippen molar-refractivity contribution >= 4 is 15.7 Å². The molecule has 2 atom stereocenters. The molecule has 0 heterocycles. The number of nitrogens with one attached hydrogen (secondary N) is 1. The standard InChI is InChI=1S/C16H22N2O2S/c1-11-4-8-14(9-5-11)21(19,20)18-17-15-12-6-7-13(10-12)16(15,2)3/h4-5,8-9,12-13,18H,6-7,10H2,1-3H3/b17-15+. The van der Waals surface area contributed by atoms with Crippen molar-refractivity contribution in [3.05, 3.63) is 29.8 Å². The Labute approximate surface area is 126 Å². The Morgan fingerprint density at radius 2 is 1.86 bits per heavy atom. The van der Waals surface area contributed by atoms with Crippen LogP contribution in [0.2, 0.25) is 0 Å². The Balaban J connectivity index is 1.84. The van der Waals surface area contributed by atoms with Gasteiger partial charge in [-0.05, 0) is 50.2 Å². The lowest BCUT2D eigenvalue weighted by Gasteiger charge is -2.31. The predicted octanol–water partition coefficient (Wildman–Crippen LogP) is 3.09. The highest BCUT2D eigenvalue weighted by Gasteiger charge is 2.50. The number of hydrazone groups is 1. The maximum absolute atomic E-state index is 12.3. The minimum absolute atomic E-state index is 0.0126. The van der Waals surface area contributed by atoms with Crippen LogP contribution in [0.1, 0.15) is 38.7 Å². The molecule has 2 aliphatic rings. The third kappa shape index (κ3) is 2.48. The Kier molecular flexibility index (Phi) is 3.35. The highest BCUT2D eigenvalue weighted by atomic mass is 32.2. The molecule has 0 saturated heterocycles. The maximum atomic E-state index is 12.3. The van der Waals surface area contributed by atoms with Gasteiger partial charge in [-0.25, -0.2) is 4.83 Å². The molecule has 5 heteroatoms. The molecule has 0 aliphatic heterocycles. The molecule has 21 heavy (non-hydrogen) atoms. The molecule has 4 nitrogen and oxygen atoms in total. The second-order valence-electron chi connectivity index (χ2n) is 6.83.